The first-order valence-electron chi connectivity index (χ1n) is 11.1. The minimum absolute atomic E-state index is 0.158. The van der Waals surface area contributed by atoms with Crippen molar-refractivity contribution in [1.29, 1.82) is 0 Å². The predicted molar refractivity (Wildman–Crippen MR) is 125 cm³/mol. The quantitative estimate of drug-likeness (QED) is 0.506. The van der Waals surface area contributed by atoms with Crippen molar-refractivity contribution in [3.8, 4) is 0 Å². The van der Waals surface area contributed by atoms with Gasteiger partial charge in [-0.05, 0) is 56.2 Å². The van der Waals surface area contributed by atoms with Crippen LogP contribution in [0.25, 0.3) is 5.57 Å². The Bertz CT molecular complexity index is 1160. The number of allylic oxidation sites excluding steroid dienone is 1. The number of amides is 2. The van der Waals surface area contributed by atoms with Gasteiger partial charge in [-0.2, -0.15) is 0 Å². The minimum Gasteiger partial charge on any atom is -0.352 e. The first-order chi connectivity index (χ1) is 15.3. The zero-order valence-electron chi connectivity index (χ0n) is 18.3. The first kappa shape index (κ1) is 21.0. The van der Waals surface area contributed by atoms with E-state index in [0.717, 1.165) is 16.8 Å². The maximum atomic E-state index is 13.9. The van der Waals surface area contributed by atoms with E-state index in [1.54, 1.807) is 24.3 Å². The van der Waals surface area contributed by atoms with E-state index in [0.29, 0.717) is 17.0 Å². The molecule has 32 heavy (non-hydrogen) atoms. The Hall–Kier alpha value is -2.92. The van der Waals surface area contributed by atoms with E-state index in [9.17, 15) is 14.4 Å². The summed E-state index contributed by atoms with van der Waals surface area (Å²) < 4.78 is 0. The highest BCUT2D eigenvalue weighted by Crippen LogP contribution is 2.50. The van der Waals surface area contributed by atoms with Crippen LogP contribution >= 0.6 is 11.6 Å². The number of imide groups is 1. The summed E-state index contributed by atoms with van der Waals surface area (Å²) in [5, 5.41) is 0.542. The number of likely N-dealkylation sites (tertiary alicyclic amines) is 1. The zero-order valence-corrected chi connectivity index (χ0v) is 19.0. The fourth-order valence-corrected chi connectivity index (χ4v) is 5.65. The van der Waals surface area contributed by atoms with Gasteiger partial charge in [0, 0.05) is 27.9 Å². The van der Waals surface area contributed by atoms with Crippen molar-refractivity contribution in [3.63, 3.8) is 0 Å². The number of carbonyl (C=O) groups excluding carboxylic acids is 3. The molecule has 164 valence electrons. The fraction of sp³-hybridized carbons (Fsp3) is 0.346. The molecule has 5 rings (SSSR count). The van der Waals surface area contributed by atoms with Crippen molar-refractivity contribution in [2.45, 2.75) is 45.3 Å². The minimum atomic E-state index is -0.748. The molecule has 0 radical (unpaired) electrons. The lowest BCUT2D eigenvalue weighted by Crippen LogP contribution is -2.50. The first-order valence-corrected chi connectivity index (χ1v) is 11.5. The Labute approximate surface area is 192 Å². The van der Waals surface area contributed by atoms with Gasteiger partial charge in [0.05, 0.1) is 17.9 Å². The molecule has 5 nitrogen and oxygen atoms in total. The van der Waals surface area contributed by atoms with Crippen molar-refractivity contribution in [2.75, 3.05) is 4.90 Å². The van der Waals surface area contributed by atoms with Crippen LogP contribution in [0.2, 0.25) is 5.02 Å². The normalized spacial score (nSPS) is 27.1. The van der Waals surface area contributed by atoms with Crippen LogP contribution in [0.15, 0.2) is 54.6 Å². The second kappa shape index (κ2) is 7.59. The van der Waals surface area contributed by atoms with Crippen molar-refractivity contribution in [2.24, 2.45) is 11.8 Å². The topological polar surface area (TPSA) is 57.7 Å². The highest BCUT2D eigenvalue weighted by atomic mass is 35.5. The Kier molecular flexibility index (Phi) is 4.97. The number of Topliss-reactive ketones (excluding diaryl/α,β-unsaturated/α-hetero) is 1. The van der Waals surface area contributed by atoms with Gasteiger partial charge in [-0.3, -0.25) is 19.3 Å². The van der Waals surface area contributed by atoms with Crippen LogP contribution in [0.4, 0.5) is 5.69 Å². The van der Waals surface area contributed by atoms with Gasteiger partial charge in [-0.1, -0.05) is 42.8 Å². The van der Waals surface area contributed by atoms with E-state index in [1.807, 2.05) is 49.9 Å². The monoisotopic (exact) mass is 448 g/mol. The summed E-state index contributed by atoms with van der Waals surface area (Å²) in [5.74, 6) is -1.84. The number of halogens is 1. The van der Waals surface area contributed by atoms with Crippen molar-refractivity contribution in [3.05, 3.63) is 70.8 Å². The van der Waals surface area contributed by atoms with Gasteiger partial charge >= 0.3 is 0 Å². The molecule has 2 aromatic carbocycles. The van der Waals surface area contributed by atoms with Gasteiger partial charge in [0.1, 0.15) is 6.04 Å². The van der Waals surface area contributed by atoms with E-state index in [2.05, 4.69) is 6.08 Å². The van der Waals surface area contributed by atoms with Crippen LogP contribution in [-0.4, -0.2) is 40.6 Å². The molecule has 0 aliphatic carbocycles. The predicted octanol–water partition coefficient (Wildman–Crippen LogP) is 4.60. The second-order valence-corrected chi connectivity index (χ2v) is 9.37. The van der Waals surface area contributed by atoms with E-state index in [-0.39, 0.29) is 29.7 Å². The third-order valence-electron chi connectivity index (χ3n) is 7.22. The molecule has 0 N–H and O–H groups in total. The Morgan fingerprint density at radius 3 is 2.38 bits per heavy atom. The van der Waals surface area contributed by atoms with Gasteiger partial charge in [-0.25, -0.2) is 0 Å². The van der Waals surface area contributed by atoms with E-state index in [1.165, 1.54) is 4.90 Å². The number of anilines is 1. The molecule has 5 unspecified atom stereocenters. The molecule has 5 atom stereocenters. The van der Waals surface area contributed by atoms with Crippen LogP contribution in [0, 0.1) is 11.8 Å². The summed E-state index contributed by atoms with van der Waals surface area (Å²) in [6, 6.07) is 13.4. The number of ketones is 1. The summed E-state index contributed by atoms with van der Waals surface area (Å²) in [4.78, 5) is 44.4. The van der Waals surface area contributed by atoms with Gasteiger partial charge in [0.15, 0.2) is 5.78 Å². The van der Waals surface area contributed by atoms with Gasteiger partial charge in [0.25, 0.3) is 0 Å². The lowest BCUT2D eigenvalue weighted by molar-refractivity contribution is -0.142. The second-order valence-electron chi connectivity index (χ2n) is 8.94. The standard InChI is InChI=1S/C26H25ClN2O3/c1-4-15(3)28-25(31)21-20-13-14(2)18-7-5-6-8-19(18)29(20)23(22(21)26(28)32)24(30)16-9-11-17(27)12-10-16/h5-13,15,20-23H,4H2,1-3H3. The maximum absolute atomic E-state index is 13.9. The highest BCUT2D eigenvalue weighted by molar-refractivity contribution is 6.30. The Morgan fingerprint density at radius 2 is 1.69 bits per heavy atom. The summed E-state index contributed by atoms with van der Waals surface area (Å²) in [6.07, 6.45) is 2.74. The highest BCUT2D eigenvalue weighted by Gasteiger charge is 2.64. The number of rotatable bonds is 4. The van der Waals surface area contributed by atoms with Crippen LogP contribution in [0.5, 0.6) is 0 Å². The molecular formula is C26H25ClN2O3. The lowest BCUT2D eigenvalue weighted by atomic mass is 9.85. The third-order valence-corrected chi connectivity index (χ3v) is 7.47. The van der Waals surface area contributed by atoms with Crippen LogP contribution in [0.1, 0.15) is 43.1 Å². The number of carbonyl (C=O) groups is 3. The SMILES string of the molecule is CCC(C)N1C(=O)C2C(C1=O)C(C(=O)c1ccc(Cl)cc1)N1c3ccccc3C(C)=CC21. The molecule has 0 saturated carbocycles. The van der Waals surface area contributed by atoms with Crippen LogP contribution in [0.3, 0.4) is 0 Å². The molecule has 0 bridgehead atoms. The van der Waals surface area contributed by atoms with Crippen molar-refractivity contribution in [1.82, 2.24) is 4.90 Å². The molecular weight excluding hydrogens is 424 g/mol. The lowest BCUT2D eigenvalue weighted by Gasteiger charge is -2.38. The van der Waals surface area contributed by atoms with E-state index >= 15 is 0 Å². The summed E-state index contributed by atoms with van der Waals surface area (Å²) in [6.45, 7) is 5.87. The fourth-order valence-electron chi connectivity index (χ4n) is 5.52. The van der Waals surface area contributed by atoms with Crippen LogP contribution < -0.4 is 4.90 Å². The average Bonchev–Trinajstić information content (AvgIpc) is 3.26. The third kappa shape index (κ3) is 2.87. The zero-order chi connectivity index (χ0) is 22.7. The summed E-state index contributed by atoms with van der Waals surface area (Å²) >= 11 is 6.04. The molecule has 2 amide bonds. The molecule has 2 saturated heterocycles. The smallest absolute Gasteiger partial charge is 0.236 e. The van der Waals surface area contributed by atoms with Crippen molar-refractivity contribution < 1.29 is 14.4 Å². The van der Waals surface area contributed by atoms with E-state index < -0.39 is 17.9 Å². The van der Waals surface area contributed by atoms with Gasteiger partial charge < -0.3 is 4.90 Å². The number of nitrogens with zero attached hydrogens (tertiary/aromatic N) is 2. The molecule has 2 aromatic rings. The summed E-state index contributed by atoms with van der Waals surface area (Å²) in [5.41, 5.74) is 3.47. The molecule has 2 fully saturated rings. The molecule has 3 heterocycles. The van der Waals surface area contributed by atoms with Gasteiger partial charge in [0.2, 0.25) is 11.8 Å². The number of hydrogen-bond donors (Lipinski definition) is 0. The molecule has 0 aromatic heterocycles. The number of para-hydroxylation sites is 1. The molecule has 6 heteroatoms. The molecule has 3 aliphatic rings. The van der Waals surface area contributed by atoms with Crippen LogP contribution in [-0.2, 0) is 9.59 Å². The number of fused-ring (bicyclic) bond motifs is 5. The maximum Gasteiger partial charge on any atom is 0.236 e. The van der Waals surface area contributed by atoms with E-state index in [4.69, 9.17) is 11.6 Å². The molecule has 0 spiro atoms. The number of hydrogen-bond acceptors (Lipinski definition) is 4. The average molecular weight is 449 g/mol. The largest absolute Gasteiger partial charge is 0.352 e. The Morgan fingerprint density at radius 1 is 1.03 bits per heavy atom. The molecule has 3 aliphatic heterocycles. The number of benzene rings is 2. The Balaban J connectivity index is 1.68. The summed E-state index contributed by atoms with van der Waals surface area (Å²) in [7, 11) is 0. The van der Waals surface area contributed by atoms with Crippen molar-refractivity contribution >= 4 is 40.5 Å². The van der Waals surface area contributed by atoms with Gasteiger partial charge in [-0.15, -0.1) is 0 Å².